The van der Waals surface area contributed by atoms with Crippen LogP contribution in [0.1, 0.15) is 32.6 Å². The van der Waals surface area contributed by atoms with E-state index in [0.29, 0.717) is 105 Å². The highest BCUT2D eigenvalue weighted by atomic mass is 32.2. The number of aromatic nitrogens is 23. The predicted octanol–water partition coefficient (Wildman–Crippen LogP) is 11.3. The molecule has 0 spiro atoms. The highest BCUT2D eigenvalue weighted by Crippen LogP contribution is 2.38. The number of nitrogens with zero attached hydrogens (tertiary/aromatic N) is 23. The van der Waals surface area contributed by atoms with Crippen molar-refractivity contribution < 1.29 is 94.2 Å². The van der Waals surface area contributed by atoms with Crippen molar-refractivity contribution in [1.29, 1.82) is 0 Å². The van der Waals surface area contributed by atoms with Crippen molar-refractivity contribution in [2.24, 2.45) is 0 Å². The van der Waals surface area contributed by atoms with E-state index in [-0.39, 0.29) is 55.4 Å². The summed E-state index contributed by atoms with van der Waals surface area (Å²) in [6.07, 6.45) is 3.61. The molecule has 5 amide bonds. The Bertz CT molecular complexity index is 6440. The molecule has 0 bridgehead atoms. The fourth-order valence-corrected chi connectivity index (χ4v) is 18.1. The minimum atomic E-state index is -4.56. The van der Waals surface area contributed by atoms with E-state index in [1.807, 2.05) is 58.0 Å². The number of halogens is 16. The summed E-state index contributed by atoms with van der Waals surface area (Å²) in [5.74, 6) is -1.45. The second-order valence-electron chi connectivity index (χ2n) is 32.3. The van der Waals surface area contributed by atoms with Crippen LogP contribution in [0.4, 0.5) is 99.7 Å². The van der Waals surface area contributed by atoms with Gasteiger partial charge in [-0.1, -0.05) is 0 Å². The number of rotatable bonds is 21. The third kappa shape index (κ3) is 24.5. The molecule has 142 heavy (non-hydrogen) atoms. The van der Waals surface area contributed by atoms with Gasteiger partial charge in [0.15, 0.2) is 29.1 Å². The lowest BCUT2D eigenvalue weighted by molar-refractivity contribution is -0.139. The summed E-state index contributed by atoms with van der Waals surface area (Å²) in [6.45, 7) is -5.52. The van der Waals surface area contributed by atoms with Crippen molar-refractivity contribution in [3.63, 3.8) is 0 Å². The van der Waals surface area contributed by atoms with Crippen LogP contribution in [0.5, 0.6) is 0 Å². The first-order chi connectivity index (χ1) is 67.9. The zero-order valence-electron chi connectivity index (χ0n) is 73.6. The van der Waals surface area contributed by atoms with Crippen LogP contribution in [0.2, 0.25) is 0 Å². The average molecular weight is 2020 g/mol. The zero-order chi connectivity index (χ0) is 100. The predicted molar refractivity (Wildman–Crippen MR) is 488 cm³/mol. The van der Waals surface area contributed by atoms with E-state index in [2.05, 4.69) is 120 Å². The first-order valence-electron chi connectivity index (χ1n) is 43.1. The minimum Gasteiger partial charge on any atom is -0.348 e. The Morgan fingerprint density at radius 3 is 0.944 bits per heavy atom. The molecule has 10 N–H and O–H groups in total. The van der Waals surface area contributed by atoms with Crippen LogP contribution >= 0.6 is 23.5 Å². The standard InChI is InChI=1S/C18H18F2N6OS.2C17H15F4N7O.C17H16F3N7O.C17H15F3N6OS/c1-18(19,20)9-24-17(27)13-8-28-10-26(13)14-4-6-22-16(25-14)12-7-23-15-11(12)3-2-5-21-15;2*18-9-4-12(15(29)24-7-17(19,20)21)28(6-9)16-26-8-25-14(27-16)11-5-23-13-10(11)2-1-3-22-13;18-17(19,20)8-23-15(28)12-4-2-6-27(12)16-25-9-24-14(26-16)11-7-22-13-10(11)3-1-5-21-13;18-17(19,20)8-24-16(27)12-7-28-9-26(12)13-3-5-22-15(25-13)11-6-23-14-10(11)2-1-4-21-14/h2-7,13H,8-10H2,1H3,(H,21,23)(H,24,27);2*1-3,5,8-9,12H,4,6-7H2,(H,22,23)(H,24,29);1,3,5,7,9,12H,2,4,6,8H2,(H,21,22)(H,23,28);1-6,12H,7-9H2,(H,21,23)(H,24,27)/t13-;9-,12+;9-,12-;2*12-/m10010/s1. The topological polar surface area (TPSA) is 473 Å². The number of carbonyl (C=O) groups excluding carboxylic acids is 5. The Morgan fingerprint density at radius 2 is 0.634 bits per heavy atom. The number of fused-ring (bicyclic) bond motifs is 5. The van der Waals surface area contributed by atoms with Crippen LogP contribution in [0.25, 0.3) is 112 Å². The first kappa shape index (κ1) is 99.6. The van der Waals surface area contributed by atoms with Crippen molar-refractivity contribution in [3.8, 4) is 56.9 Å². The molecular formula is C86H79F16N33O5S2. The van der Waals surface area contributed by atoms with Gasteiger partial charge < -0.3 is 76.0 Å². The molecule has 0 radical (unpaired) electrons. The SMILES string of the molecule is CC(F)(F)CNC(=O)[C@H]1CSCN1c1ccnc(-c2c[nH]c3ncccc23)n1.O=C(NCC(F)(F)F)[C@@H]1CSCN1c1ccnc(-c2c[nH]c3ncccc23)n1.O=C(NCC(F)(F)F)[C@@H]1C[C@H](F)CN1c1ncnc(-c2c[nH]c3ncccc23)n1.O=C(NCC(F)(F)F)[C@H]1CCCN1c1ncnc(-c2c[nH]c3ncccc23)n1.O=C(NCC(F)(F)F)[C@H]1C[C@H](F)CN1c1ncnc(-c2c[nH]c3ncccc23)n1. The summed E-state index contributed by atoms with van der Waals surface area (Å²) in [5, 5.41) is 13.9. The van der Waals surface area contributed by atoms with E-state index < -0.39 is 135 Å². The quantitative estimate of drug-likeness (QED) is 0.0299. The van der Waals surface area contributed by atoms with E-state index in [1.165, 1.54) is 40.5 Å². The molecule has 5 saturated heterocycles. The van der Waals surface area contributed by atoms with Crippen LogP contribution in [0.15, 0.2) is 166 Å². The Balaban J connectivity index is 0.000000128. The smallest absolute Gasteiger partial charge is 0.348 e. The number of hydrogen-bond donors (Lipinski definition) is 10. The van der Waals surface area contributed by atoms with Gasteiger partial charge in [-0.05, 0) is 85.6 Å². The number of pyridine rings is 5. The molecule has 5 aliphatic rings. The summed E-state index contributed by atoms with van der Waals surface area (Å²) < 4.78 is 203. The Labute approximate surface area is 798 Å². The molecule has 0 aliphatic carbocycles. The number of anilines is 5. The van der Waals surface area contributed by atoms with E-state index in [0.717, 1.165) is 56.2 Å². The van der Waals surface area contributed by atoms with Gasteiger partial charge in [-0.25, -0.2) is 92.3 Å². The minimum absolute atomic E-state index is 0.0144. The summed E-state index contributed by atoms with van der Waals surface area (Å²) in [7, 11) is 0. The van der Waals surface area contributed by atoms with Gasteiger partial charge in [-0.3, -0.25) is 24.0 Å². The highest BCUT2D eigenvalue weighted by Gasteiger charge is 2.45. The van der Waals surface area contributed by atoms with Crippen LogP contribution in [-0.4, -0.2) is 293 Å². The normalized spacial score (nSPS) is 18.2. The highest BCUT2D eigenvalue weighted by molar-refractivity contribution is 8.00. The maximum atomic E-state index is 14.0. The molecule has 56 heteroatoms. The van der Waals surface area contributed by atoms with Gasteiger partial charge in [-0.2, -0.15) is 67.6 Å². The second-order valence-corrected chi connectivity index (χ2v) is 34.3. The van der Waals surface area contributed by atoms with Gasteiger partial charge in [0, 0.05) is 167 Å². The van der Waals surface area contributed by atoms with E-state index in [9.17, 15) is 94.2 Å². The lowest BCUT2D eigenvalue weighted by atomic mass is 10.2. The van der Waals surface area contributed by atoms with E-state index in [4.69, 9.17) is 0 Å². The number of thioether (sulfide) groups is 2. The first-order valence-corrected chi connectivity index (χ1v) is 45.4. The number of H-pyrrole nitrogens is 5. The van der Waals surface area contributed by atoms with Gasteiger partial charge in [0.1, 0.15) is 128 Å². The lowest BCUT2D eigenvalue weighted by Gasteiger charge is -2.24. The molecule has 742 valence electrons. The third-order valence-electron chi connectivity index (χ3n) is 22.2. The number of alkyl halides is 16. The van der Waals surface area contributed by atoms with Crippen molar-refractivity contribution >= 4 is 138 Å². The molecule has 38 nitrogen and oxygen atoms in total. The number of carbonyl (C=O) groups is 5. The Morgan fingerprint density at radius 1 is 0.345 bits per heavy atom. The Hall–Kier alpha value is -15.4. The van der Waals surface area contributed by atoms with Crippen molar-refractivity contribution in [3.05, 3.63) is 166 Å². The fraction of sp³-hybridized carbons (Fsp3) is 0.337. The van der Waals surface area contributed by atoms with Crippen molar-refractivity contribution in [2.45, 2.75) is 106 Å². The van der Waals surface area contributed by atoms with E-state index in [1.54, 1.807) is 137 Å². The van der Waals surface area contributed by atoms with Crippen molar-refractivity contribution in [2.75, 3.05) is 100 Å². The van der Waals surface area contributed by atoms with Crippen molar-refractivity contribution in [1.82, 2.24) is 141 Å². The molecule has 5 aliphatic heterocycles. The maximum absolute atomic E-state index is 14.0. The van der Waals surface area contributed by atoms with Gasteiger partial charge in [0.25, 0.3) is 5.92 Å². The molecule has 0 aromatic carbocycles. The average Bonchev–Trinajstić information content (AvgIpc) is 1.65. The lowest BCUT2D eigenvalue weighted by Crippen LogP contribution is -2.47. The van der Waals surface area contributed by atoms with Crippen LogP contribution in [0.3, 0.4) is 0 Å². The maximum Gasteiger partial charge on any atom is 0.405 e. The van der Waals surface area contributed by atoms with Gasteiger partial charge in [-0.15, -0.1) is 23.5 Å². The van der Waals surface area contributed by atoms with Gasteiger partial charge >= 0.3 is 24.7 Å². The molecule has 20 heterocycles. The molecule has 5 fully saturated rings. The molecule has 0 saturated carbocycles. The monoisotopic (exact) mass is 2020 g/mol. The number of hydrogen-bond acceptors (Lipinski definition) is 30. The van der Waals surface area contributed by atoms with Gasteiger partial charge in [0.2, 0.25) is 47.4 Å². The van der Waals surface area contributed by atoms with Crippen LogP contribution in [0, 0.1) is 0 Å². The number of amides is 5. The largest absolute Gasteiger partial charge is 0.405 e. The summed E-state index contributed by atoms with van der Waals surface area (Å²) >= 11 is 3.01. The molecule has 20 rings (SSSR count). The number of nitrogens with one attached hydrogen (secondary N) is 10. The van der Waals surface area contributed by atoms with Gasteiger partial charge in [0.05, 0.1) is 31.4 Å². The molecule has 15 aromatic rings. The number of aromatic amines is 5. The zero-order valence-corrected chi connectivity index (χ0v) is 75.3. The summed E-state index contributed by atoms with van der Waals surface area (Å²) in [5.41, 5.74) is 6.93. The van der Waals surface area contributed by atoms with Crippen LogP contribution < -0.4 is 51.1 Å². The molecular weight excluding hydrogens is 1940 g/mol. The summed E-state index contributed by atoms with van der Waals surface area (Å²) in [4.78, 5) is 161. The fourth-order valence-electron chi connectivity index (χ4n) is 15.8. The van der Waals surface area contributed by atoms with E-state index >= 15 is 0 Å². The summed E-state index contributed by atoms with van der Waals surface area (Å²) in [6, 6.07) is 17.3. The molecule has 0 unspecified atom stereocenters. The Kier molecular flexibility index (Phi) is 30.0. The molecule has 7 atom stereocenters. The second kappa shape index (κ2) is 42.7. The van der Waals surface area contributed by atoms with Crippen LogP contribution in [-0.2, 0) is 24.0 Å². The molecule has 15 aromatic heterocycles. The third-order valence-corrected chi connectivity index (χ3v) is 24.3.